The highest BCUT2D eigenvalue weighted by atomic mass is 14.8. The molecule has 1 heteroatoms. The standard InChI is InChI=1S/C9H18.C3H9N.C2H6/c1-2-6-9-7-4-3-5-8-9;1-3-4-2;1-2/h9H,2-8H2,1H3;4H,3H2,1-2H3;1-2H3. The maximum absolute atomic E-state index is 2.93. The molecule has 0 saturated heterocycles. The van der Waals surface area contributed by atoms with Gasteiger partial charge in [0.25, 0.3) is 0 Å². The van der Waals surface area contributed by atoms with Crippen molar-refractivity contribution in [1.29, 1.82) is 0 Å². The average molecular weight is 215 g/mol. The summed E-state index contributed by atoms with van der Waals surface area (Å²) in [6.07, 6.45) is 10.4. The van der Waals surface area contributed by atoms with Crippen LogP contribution in [0.25, 0.3) is 0 Å². The number of rotatable bonds is 3. The fourth-order valence-corrected chi connectivity index (χ4v) is 1.88. The van der Waals surface area contributed by atoms with Gasteiger partial charge in [-0.1, -0.05) is 72.6 Å². The predicted molar refractivity (Wildman–Crippen MR) is 72.4 cm³/mol. The third-order valence-corrected chi connectivity index (χ3v) is 2.78. The van der Waals surface area contributed by atoms with Crippen molar-refractivity contribution in [3.05, 3.63) is 0 Å². The smallest absolute Gasteiger partial charge is 0.00804 e. The highest BCUT2D eigenvalue weighted by molar-refractivity contribution is 4.64. The van der Waals surface area contributed by atoms with Crippen molar-refractivity contribution in [1.82, 2.24) is 5.32 Å². The molecule has 0 unspecified atom stereocenters. The van der Waals surface area contributed by atoms with Crippen molar-refractivity contribution in [2.75, 3.05) is 13.6 Å². The summed E-state index contributed by atoms with van der Waals surface area (Å²) in [5, 5.41) is 2.93. The number of nitrogens with one attached hydrogen (secondary N) is 1. The molecule has 0 heterocycles. The second-order valence-corrected chi connectivity index (χ2v) is 4.00. The lowest BCUT2D eigenvalue weighted by Gasteiger charge is -2.20. The van der Waals surface area contributed by atoms with E-state index >= 15 is 0 Å². The Morgan fingerprint density at radius 1 is 1.00 bits per heavy atom. The molecule has 1 fully saturated rings. The lowest BCUT2D eigenvalue weighted by Crippen LogP contribution is -2.04. The molecule has 1 saturated carbocycles. The minimum absolute atomic E-state index is 1.07. The summed E-state index contributed by atoms with van der Waals surface area (Å²) in [4.78, 5) is 0. The van der Waals surface area contributed by atoms with E-state index in [0.29, 0.717) is 0 Å². The van der Waals surface area contributed by atoms with Crippen LogP contribution in [0.4, 0.5) is 0 Å². The maximum Gasteiger partial charge on any atom is -0.00804 e. The molecule has 1 N–H and O–H groups in total. The second-order valence-electron chi connectivity index (χ2n) is 4.00. The first-order valence-electron chi connectivity index (χ1n) is 6.99. The molecule has 94 valence electrons. The summed E-state index contributed by atoms with van der Waals surface area (Å²) in [5.41, 5.74) is 0. The highest BCUT2D eigenvalue weighted by Crippen LogP contribution is 2.26. The van der Waals surface area contributed by atoms with Crippen LogP contribution in [0.1, 0.15) is 72.6 Å². The first-order chi connectivity index (χ1) is 7.35. The normalized spacial score (nSPS) is 15.8. The summed E-state index contributed by atoms with van der Waals surface area (Å²) >= 11 is 0. The van der Waals surface area contributed by atoms with Crippen LogP contribution in [0.5, 0.6) is 0 Å². The first kappa shape index (κ1) is 17.4. The van der Waals surface area contributed by atoms with Gasteiger partial charge in [-0.3, -0.25) is 0 Å². The van der Waals surface area contributed by atoms with Gasteiger partial charge in [-0.2, -0.15) is 0 Å². The fourth-order valence-electron chi connectivity index (χ4n) is 1.88. The summed E-state index contributed by atoms with van der Waals surface area (Å²) < 4.78 is 0. The molecule has 1 rings (SSSR count). The Morgan fingerprint density at radius 2 is 1.47 bits per heavy atom. The van der Waals surface area contributed by atoms with Gasteiger partial charge < -0.3 is 5.32 Å². The third-order valence-electron chi connectivity index (χ3n) is 2.78. The van der Waals surface area contributed by atoms with Gasteiger partial charge in [-0.25, -0.2) is 0 Å². The summed E-state index contributed by atoms with van der Waals surface area (Å²) in [7, 11) is 1.93. The van der Waals surface area contributed by atoms with Crippen LogP contribution in [-0.4, -0.2) is 13.6 Å². The van der Waals surface area contributed by atoms with Gasteiger partial charge >= 0.3 is 0 Å². The van der Waals surface area contributed by atoms with Gasteiger partial charge in [0.05, 0.1) is 0 Å². The maximum atomic E-state index is 2.93. The van der Waals surface area contributed by atoms with E-state index in [2.05, 4.69) is 19.2 Å². The third kappa shape index (κ3) is 14.0. The van der Waals surface area contributed by atoms with Crippen LogP contribution >= 0.6 is 0 Å². The molecule has 0 spiro atoms. The zero-order valence-electron chi connectivity index (χ0n) is 11.7. The van der Waals surface area contributed by atoms with Crippen molar-refractivity contribution in [3.63, 3.8) is 0 Å². The molecule has 0 aromatic heterocycles. The van der Waals surface area contributed by atoms with Gasteiger partial charge in [-0.15, -0.1) is 0 Å². The van der Waals surface area contributed by atoms with Gasteiger partial charge in [0.15, 0.2) is 0 Å². The lowest BCUT2D eigenvalue weighted by atomic mass is 9.86. The summed E-state index contributed by atoms with van der Waals surface area (Å²) in [5.74, 6) is 1.10. The zero-order chi connectivity index (χ0) is 11.9. The van der Waals surface area contributed by atoms with Crippen molar-refractivity contribution >= 4 is 0 Å². The van der Waals surface area contributed by atoms with E-state index in [4.69, 9.17) is 0 Å². The molecule has 0 amide bonds. The van der Waals surface area contributed by atoms with E-state index in [0.717, 1.165) is 12.5 Å². The van der Waals surface area contributed by atoms with Crippen LogP contribution in [0.3, 0.4) is 0 Å². The number of hydrogen-bond acceptors (Lipinski definition) is 1. The van der Waals surface area contributed by atoms with Crippen LogP contribution < -0.4 is 5.32 Å². The predicted octanol–water partition coefficient (Wildman–Crippen LogP) is 4.62. The molecule has 0 bridgehead atoms. The molecular formula is C14H33N. The van der Waals surface area contributed by atoms with Gasteiger partial charge in [-0.05, 0) is 19.5 Å². The van der Waals surface area contributed by atoms with Gasteiger partial charge in [0.1, 0.15) is 0 Å². The van der Waals surface area contributed by atoms with Crippen molar-refractivity contribution in [2.24, 2.45) is 5.92 Å². The van der Waals surface area contributed by atoms with E-state index in [9.17, 15) is 0 Å². The average Bonchev–Trinajstić information content (AvgIpc) is 2.34. The van der Waals surface area contributed by atoms with E-state index in [1.54, 1.807) is 0 Å². The topological polar surface area (TPSA) is 12.0 Å². The Kier molecular flexibility index (Phi) is 19.0. The van der Waals surface area contributed by atoms with Crippen molar-refractivity contribution in [2.45, 2.75) is 72.6 Å². The van der Waals surface area contributed by atoms with Gasteiger partial charge in [0.2, 0.25) is 0 Å². The van der Waals surface area contributed by atoms with E-state index in [1.165, 1.54) is 44.9 Å². The Morgan fingerprint density at radius 3 is 1.80 bits per heavy atom. The molecule has 1 aliphatic carbocycles. The first-order valence-corrected chi connectivity index (χ1v) is 6.99. The minimum Gasteiger partial charge on any atom is -0.320 e. The largest absolute Gasteiger partial charge is 0.320 e. The Balaban J connectivity index is 0. The highest BCUT2D eigenvalue weighted by Gasteiger charge is 2.10. The van der Waals surface area contributed by atoms with Crippen molar-refractivity contribution in [3.8, 4) is 0 Å². The Bertz CT molecular complexity index is 80.6. The SMILES string of the molecule is CC.CCCC1CCCCC1.CCNC. The molecule has 0 aliphatic heterocycles. The van der Waals surface area contributed by atoms with Crippen molar-refractivity contribution < 1.29 is 0 Å². The van der Waals surface area contributed by atoms with E-state index in [-0.39, 0.29) is 0 Å². The Hall–Kier alpha value is -0.0400. The molecular weight excluding hydrogens is 182 g/mol. The molecule has 1 nitrogen and oxygen atoms in total. The molecule has 0 aromatic rings. The van der Waals surface area contributed by atoms with Crippen LogP contribution in [0, 0.1) is 5.92 Å². The molecule has 0 aromatic carbocycles. The molecule has 0 atom stereocenters. The van der Waals surface area contributed by atoms with E-state index < -0.39 is 0 Å². The van der Waals surface area contributed by atoms with Gasteiger partial charge in [0, 0.05) is 0 Å². The monoisotopic (exact) mass is 215 g/mol. The quantitative estimate of drug-likeness (QED) is 0.724. The number of hydrogen-bond donors (Lipinski definition) is 1. The lowest BCUT2D eigenvalue weighted by molar-refractivity contribution is 0.336. The molecule has 15 heavy (non-hydrogen) atoms. The second kappa shape index (κ2) is 16.4. The van der Waals surface area contributed by atoms with Crippen LogP contribution in [0.15, 0.2) is 0 Å². The van der Waals surface area contributed by atoms with Crippen LogP contribution in [-0.2, 0) is 0 Å². The fraction of sp³-hybridized carbons (Fsp3) is 1.00. The Labute approximate surface area is 98.0 Å². The minimum atomic E-state index is 1.07. The van der Waals surface area contributed by atoms with E-state index in [1.807, 2.05) is 20.9 Å². The summed E-state index contributed by atoms with van der Waals surface area (Å²) in [6.45, 7) is 9.44. The summed E-state index contributed by atoms with van der Waals surface area (Å²) in [6, 6.07) is 0. The molecule has 0 radical (unpaired) electrons. The van der Waals surface area contributed by atoms with Crippen LogP contribution in [0.2, 0.25) is 0 Å². The zero-order valence-corrected chi connectivity index (χ0v) is 11.7. The molecule has 1 aliphatic rings.